The number of carbonyl (C=O) groups excluding carboxylic acids is 4. The van der Waals surface area contributed by atoms with Crippen LogP contribution in [0.25, 0.3) is 0 Å². The van der Waals surface area contributed by atoms with Gasteiger partial charge in [0, 0.05) is 31.6 Å². The van der Waals surface area contributed by atoms with Crippen molar-refractivity contribution in [3.63, 3.8) is 0 Å². The second-order valence-corrected chi connectivity index (χ2v) is 7.98. The van der Waals surface area contributed by atoms with Crippen molar-refractivity contribution in [1.29, 1.82) is 0 Å². The summed E-state index contributed by atoms with van der Waals surface area (Å²) in [5.74, 6) is -8.82. The fraction of sp³-hybridized carbons (Fsp3) is 0.474. The number of carbonyl (C=O) groups is 4. The van der Waals surface area contributed by atoms with Crippen LogP contribution in [0.15, 0.2) is 0 Å². The number of halogens is 3. The summed E-state index contributed by atoms with van der Waals surface area (Å²) < 4.78 is 44.0. The summed E-state index contributed by atoms with van der Waals surface area (Å²) in [5.41, 5.74) is -1.87. The number of nitrogens with one attached hydrogen (secondary N) is 2. The number of anilines is 1. The Morgan fingerprint density at radius 1 is 0.867 bits per heavy atom. The minimum absolute atomic E-state index is 0.00314. The topological polar surface area (TPSA) is 98.8 Å². The summed E-state index contributed by atoms with van der Waals surface area (Å²) in [4.78, 5) is 51.7. The summed E-state index contributed by atoms with van der Waals surface area (Å²) >= 11 is 0. The second-order valence-electron chi connectivity index (χ2n) is 7.98. The highest BCUT2D eigenvalue weighted by atomic mass is 19.2. The second kappa shape index (κ2) is 6.53. The van der Waals surface area contributed by atoms with Crippen LogP contribution in [-0.4, -0.2) is 59.7 Å². The van der Waals surface area contributed by atoms with E-state index in [-0.39, 0.29) is 31.5 Å². The molecule has 0 spiro atoms. The van der Waals surface area contributed by atoms with E-state index in [1.807, 2.05) is 5.32 Å². The lowest BCUT2D eigenvalue weighted by Gasteiger charge is -2.47. The van der Waals surface area contributed by atoms with Gasteiger partial charge in [0.1, 0.15) is 6.04 Å². The molecule has 0 radical (unpaired) electrons. The van der Waals surface area contributed by atoms with E-state index >= 15 is 0 Å². The third kappa shape index (κ3) is 2.51. The third-order valence-corrected chi connectivity index (χ3v) is 6.32. The summed E-state index contributed by atoms with van der Waals surface area (Å²) in [6.07, 6.45) is 1.23. The molecular formula is C19H17F3N4O4. The number of hydrogen-bond donors (Lipinski definition) is 2. The zero-order valence-corrected chi connectivity index (χ0v) is 15.6. The number of benzene rings is 1. The number of hydrogen-bond acceptors (Lipinski definition) is 6. The van der Waals surface area contributed by atoms with Gasteiger partial charge in [-0.25, -0.2) is 13.2 Å². The predicted octanol–water partition coefficient (Wildman–Crippen LogP) is 0.446. The van der Waals surface area contributed by atoms with Crippen LogP contribution in [0.5, 0.6) is 0 Å². The molecule has 5 aliphatic rings. The minimum Gasteiger partial charge on any atom is -0.363 e. The largest absolute Gasteiger partial charge is 0.363 e. The van der Waals surface area contributed by atoms with E-state index in [4.69, 9.17) is 0 Å². The molecule has 0 aliphatic carbocycles. The van der Waals surface area contributed by atoms with Crippen molar-refractivity contribution in [2.75, 3.05) is 18.0 Å². The molecule has 11 heteroatoms. The van der Waals surface area contributed by atoms with Crippen LogP contribution in [0.2, 0.25) is 0 Å². The predicted molar refractivity (Wildman–Crippen MR) is 95.1 cm³/mol. The maximum atomic E-state index is 14.9. The van der Waals surface area contributed by atoms with E-state index in [0.29, 0.717) is 17.9 Å². The first kappa shape index (κ1) is 19.0. The van der Waals surface area contributed by atoms with Gasteiger partial charge in [-0.1, -0.05) is 0 Å². The Kier molecular flexibility index (Phi) is 4.14. The van der Waals surface area contributed by atoms with Gasteiger partial charge in [-0.3, -0.25) is 29.4 Å². The van der Waals surface area contributed by atoms with Gasteiger partial charge in [-0.15, -0.1) is 0 Å². The van der Waals surface area contributed by atoms with Crippen molar-refractivity contribution >= 4 is 29.3 Å². The van der Waals surface area contributed by atoms with Crippen molar-refractivity contribution < 1.29 is 32.3 Å². The first-order chi connectivity index (χ1) is 14.3. The van der Waals surface area contributed by atoms with Crippen molar-refractivity contribution in [3.8, 4) is 0 Å². The zero-order chi connectivity index (χ0) is 21.3. The van der Waals surface area contributed by atoms with Gasteiger partial charge in [0.05, 0.1) is 16.8 Å². The molecule has 2 bridgehead atoms. The monoisotopic (exact) mass is 422 g/mol. The maximum absolute atomic E-state index is 14.9. The molecule has 8 nitrogen and oxygen atoms in total. The van der Waals surface area contributed by atoms with Crippen LogP contribution in [0.3, 0.4) is 0 Å². The zero-order valence-electron chi connectivity index (χ0n) is 15.6. The number of fused-ring (bicyclic) bond motifs is 4. The van der Waals surface area contributed by atoms with Crippen molar-refractivity contribution in [2.24, 2.45) is 0 Å². The van der Waals surface area contributed by atoms with E-state index in [0.717, 1.165) is 6.42 Å². The highest BCUT2D eigenvalue weighted by Crippen LogP contribution is 2.41. The molecule has 1 aromatic rings. The number of amides is 4. The number of nitrogens with zero attached hydrogens (tertiary/aromatic N) is 2. The molecule has 4 fully saturated rings. The van der Waals surface area contributed by atoms with Gasteiger partial charge < -0.3 is 10.2 Å². The van der Waals surface area contributed by atoms with E-state index < -0.39 is 63.9 Å². The van der Waals surface area contributed by atoms with Crippen molar-refractivity contribution in [2.45, 2.75) is 43.8 Å². The lowest BCUT2D eigenvalue weighted by Crippen LogP contribution is -2.61. The Morgan fingerprint density at radius 3 is 2.20 bits per heavy atom. The Balaban J connectivity index is 1.64. The third-order valence-electron chi connectivity index (χ3n) is 6.32. The molecule has 4 amide bonds. The molecule has 6 rings (SSSR count). The molecule has 4 saturated heterocycles. The van der Waals surface area contributed by atoms with Gasteiger partial charge in [-0.05, 0) is 19.3 Å². The van der Waals surface area contributed by atoms with Crippen LogP contribution in [0.1, 0.15) is 46.4 Å². The lowest BCUT2D eigenvalue weighted by molar-refractivity contribution is -0.136. The van der Waals surface area contributed by atoms with Gasteiger partial charge in [0.25, 0.3) is 11.8 Å². The summed E-state index contributed by atoms with van der Waals surface area (Å²) in [7, 11) is 0. The molecule has 0 saturated carbocycles. The van der Waals surface area contributed by atoms with E-state index in [1.54, 1.807) is 0 Å². The highest BCUT2D eigenvalue weighted by Gasteiger charge is 2.50. The summed E-state index contributed by atoms with van der Waals surface area (Å²) in [5, 5.41) is 5.27. The quantitative estimate of drug-likeness (QED) is 0.531. The van der Waals surface area contributed by atoms with Crippen LogP contribution in [-0.2, 0) is 9.59 Å². The Labute approximate surface area is 168 Å². The number of rotatable bonds is 2. The van der Waals surface area contributed by atoms with Crippen molar-refractivity contribution in [3.05, 3.63) is 28.6 Å². The van der Waals surface area contributed by atoms with E-state index in [9.17, 15) is 32.3 Å². The van der Waals surface area contributed by atoms with Gasteiger partial charge in [-0.2, -0.15) is 0 Å². The highest BCUT2D eigenvalue weighted by molar-refractivity contribution is 6.25. The molecule has 30 heavy (non-hydrogen) atoms. The van der Waals surface area contributed by atoms with Crippen LogP contribution in [0, 0.1) is 17.5 Å². The molecule has 158 valence electrons. The Hall–Kier alpha value is -2.95. The molecular weight excluding hydrogens is 405 g/mol. The van der Waals surface area contributed by atoms with E-state index in [2.05, 4.69) is 5.32 Å². The maximum Gasteiger partial charge on any atom is 0.265 e. The standard InChI is InChI=1S/C19H17F3N4O4/c20-13-11-12(19(30)26(18(11)29)9-3-4-10(27)24-17(9)28)16(15(22)14(13)21)25-6-7-1-2-8(25)5-23-7/h7-9,23H,1-6H2,(H,24,27,28). The smallest absolute Gasteiger partial charge is 0.265 e. The van der Waals surface area contributed by atoms with Crippen LogP contribution < -0.4 is 15.5 Å². The van der Waals surface area contributed by atoms with Crippen LogP contribution >= 0.6 is 0 Å². The molecule has 3 unspecified atom stereocenters. The average molecular weight is 422 g/mol. The molecule has 5 heterocycles. The fourth-order valence-electron chi connectivity index (χ4n) is 4.85. The molecule has 2 N–H and O–H groups in total. The van der Waals surface area contributed by atoms with Gasteiger partial charge in [0.15, 0.2) is 17.5 Å². The molecule has 3 atom stereocenters. The molecule has 5 aliphatic heterocycles. The van der Waals surface area contributed by atoms with E-state index in [1.165, 1.54) is 4.90 Å². The number of piperazine rings is 1. The molecule has 1 aromatic carbocycles. The average Bonchev–Trinajstić information content (AvgIpc) is 2.98. The first-order valence-electron chi connectivity index (χ1n) is 9.71. The Bertz CT molecular complexity index is 1020. The number of piperidine rings is 3. The lowest BCUT2D eigenvalue weighted by atomic mass is 9.91. The number of imide groups is 2. The Morgan fingerprint density at radius 2 is 1.60 bits per heavy atom. The first-order valence-corrected chi connectivity index (χ1v) is 9.71. The minimum atomic E-state index is -1.83. The van der Waals surface area contributed by atoms with Crippen molar-refractivity contribution in [1.82, 2.24) is 15.5 Å². The summed E-state index contributed by atoms with van der Waals surface area (Å²) in [6, 6.07) is -1.60. The molecule has 0 aromatic heterocycles. The summed E-state index contributed by atoms with van der Waals surface area (Å²) in [6.45, 7) is 0.760. The fourth-order valence-corrected chi connectivity index (χ4v) is 4.85. The van der Waals surface area contributed by atoms with Gasteiger partial charge in [0.2, 0.25) is 11.8 Å². The normalized spacial score (nSPS) is 28.3. The van der Waals surface area contributed by atoms with Gasteiger partial charge >= 0.3 is 0 Å². The van der Waals surface area contributed by atoms with Crippen LogP contribution in [0.4, 0.5) is 18.9 Å². The SMILES string of the molecule is O=C1CCC(N2C(=O)c3c(F)c(F)c(F)c(N4CC5CCC4CN5)c3C2=O)C(=O)N1.